The highest BCUT2D eigenvalue weighted by Crippen LogP contribution is 2.48. The lowest BCUT2D eigenvalue weighted by Gasteiger charge is -2.34. The molecule has 1 aliphatic carbocycles. The molecule has 1 aromatic heterocycles. The van der Waals surface area contributed by atoms with E-state index in [-0.39, 0.29) is 35.3 Å². The van der Waals surface area contributed by atoms with Crippen LogP contribution in [0.25, 0.3) is 0 Å². The zero-order chi connectivity index (χ0) is 19.8. The van der Waals surface area contributed by atoms with E-state index in [4.69, 9.17) is 4.74 Å². The summed E-state index contributed by atoms with van der Waals surface area (Å²) >= 11 is 1.62. The topological polar surface area (TPSA) is 75.7 Å². The number of hydrogen-bond acceptors (Lipinski definition) is 5. The highest BCUT2D eigenvalue weighted by Gasteiger charge is 2.63. The standard InChI is InChI=1S/C21H26N2O4S/c1-21(2,3)10-4-5-11-12(9-28-15(11)8-10)18(24)22-23-19(25)16-13-6-7-14(27-13)17(16)20(23)26/h9-10,13-14,16-17H,4-8H2,1-3H3,(H,22,24)/t10-,13-,14-,16-,17+/m0/s1. The number of thiophene rings is 1. The van der Waals surface area contributed by atoms with Crippen molar-refractivity contribution in [1.29, 1.82) is 0 Å². The molecule has 1 aromatic rings. The molecule has 0 saturated carbocycles. The lowest BCUT2D eigenvalue weighted by Crippen LogP contribution is -2.48. The Morgan fingerprint density at radius 2 is 1.79 bits per heavy atom. The number of hydrogen-bond donors (Lipinski definition) is 1. The van der Waals surface area contributed by atoms with Gasteiger partial charge in [0.1, 0.15) is 0 Å². The number of carbonyl (C=O) groups excluding carboxylic acids is 3. The van der Waals surface area contributed by atoms with Crippen LogP contribution in [0.5, 0.6) is 0 Å². The predicted octanol–water partition coefficient (Wildman–Crippen LogP) is 2.71. The second kappa shape index (κ2) is 6.13. The second-order valence-corrected chi connectivity index (χ2v) is 10.6. The van der Waals surface area contributed by atoms with Gasteiger partial charge in [0, 0.05) is 10.3 Å². The largest absolute Gasteiger partial charge is 0.373 e. The monoisotopic (exact) mass is 402 g/mol. The predicted molar refractivity (Wildman–Crippen MR) is 103 cm³/mol. The quantitative estimate of drug-likeness (QED) is 0.772. The molecule has 1 N–H and O–H groups in total. The molecule has 5 atom stereocenters. The fourth-order valence-electron chi connectivity index (χ4n) is 5.43. The van der Waals surface area contributed by atoms with E-state index in [0.29, 0.717) is 11.5 Å². The van der Waals surface area contributed by atoms with Crippen molar-refractivity contribution < 1.29 is 19.1 Å². The molecule has 4 heterocycles. The van der Waals surface area contributed by atoms with Gasteiger partial charge in [-0.2, -0.15) is 5.01 Å². The summed E-state index contributed by atoms with van der Waals surface area (Å²) < 4.78 is 5.74. The number of fused-ring (bicyclic) bond motifs is 6. The van der Waals surface area contributed by atoms with Gasteiger partial charge in [-0.15, -0.1) is 11.3 Å². The summed E-state index contributed by atoms with van der Waals surface area (Å²) in [5.41, 5.74) is 4.57. The van der Waals surface area contributed by atoms with Gasteiger partial charge in [0.25, 0.3) is 17.7 Å². The molecule has 6 nitrogen and oxygen atoms in total. The van der Waals surface area contributed by atoms with Gasteiger partial charge in [0.15, 0.2) is 0 Å². The van der Waals surface area contributed by atoms with Crippen molar-refractivity contribution in [3.8, 4) is 0 Å². The third-order valence-electron chi connectivity index (χ3n) is 7.12. The molecule has 0 radical (unpaired) electrons. The van der Waals surface area contributed by atoms with Crippen molar-refractivity contribution in [2.45, 2.75) is 65.1 Å². The third kappa shape index (κ3) is 2.59. The highest BCUT2D eigenvalue weighted by molar-refractivity contribution is 7.10. The molecular formula is C21H26N2O4S. The smallest absolute Gasteiger partial charge is 0.271 e. The first-order chi connectivity index (χ1) is 13.3. The van der Waals surface area contributed by atoms with Crippen LogP contribution in [0, 0.1) is 23.2 Å². The number of hydrazine groups is 1. The molecule has 2 bridgehead atoms. The van der Waals surface area contributed by atoms with E-state index in [0.717, 1.165) is 42.7 Å². The summed E-state index contributed by atoms with van der Waals surface area (Å²) in [4.78, 5) is 39.7. The summed E-state index contributed by atoms with van der Waals surface area (Å²) in [5.74, 6) is -1.21. The molecule has 3 fully saturated rings. The molecule has 150 valence electrons. The summed E-state index contributed by atoms with van der Waals surface area (Å²) in [7, 11) is 0. The van der Waals surface area contributed by atoms with Gasteiger partial charge >= 0.3 is 0 Å². The van der Waals surface area contributed by atoms with E-state index in [1.807, 2.05) is 5.38 Å². The van der Waals surface area contributed by atoms with Crippen molar-refractivity contribution in [2.24, 2.45) is 23.2 Å². The second-order valence-electron chi connectivity index (χ2n) is 9.65. The van der Waals surface area contributed by atoms with E-state index in [2.05, 4.69) is 26.2 Å². The average molecular weight is 403 g/mol. The van der Waals surface area contributed by atoms with Crippen LogP contribution in [0.15, 0.2) is 5.38 Å². The molecule has 4 aliphatic rings. The summed E-state index contributed by atoms with van der Waals surface area (Å²) in [6.45, 7) is 6.80. The fourth-order valence-corrected chi connectivity index (χ4v) is 6.59. The molecule has 3 aliphatic heterocycles. The molecule has 28 heavy (non-hydrogen) atoms. The maximum atomic E-state index is 12.9. The highest BCUT2D eigenvalue weighted by atomic mass is 32.1. The van der Waals surface area contributed by atoms with Gasteiger partial charge in [-0.25, -0.2) is 0 Å². The first-order valence-electron chi connectivity index (χ1n) is 10.2. The summed E-state index contributed by atoms with van der Waals surface area (Å²) in [5, 5.41) is 2.85. The van der Waals surface area contributed by atoms with E-state index in [1.54, 1.807) is 11.3 Å². The van der Waals surface area contributed by atoms with E-state index in [9.17, 15) is 14.4 Å². The van der Waals surface area contributed by atoms with Crippen LogP contribution in [0.3, 0.4) is 0 Å². The van der Waals surface area contributed by atoms with Crippen molar-refractivity contribution in [3.63, 3.8) is 0 Å². The van der Waals surface area contributed by atoms with Gasteiger partial charge in [0.2, 0.25) is 0 Å². The van der Waals surface area contributed by atoms with E-state index >= 15 is 0 Å². The molecule has 3 amide bonds. The molecule has 5 rings (SSSR count). The van der Waals surface area contributed by atoms with Crippen LogP contribution in [0.4, 0.5) is 0 Å². The van der Waals surface area contributed by atoms with Crippen LogP contribution in [0.2, 0.25) is 0 Å². The minimum absolute atomic E-state index is 0.170. The van der Waals surface area contributed by atoms with E-state index in [1.165, 1.54) is 4.88 Å². The van der Waals surface area contributed by atoms with Gasteiger partial charge < -0.3 is 4.74 Å². The van der Waals surface area contributed by atoms with Crippen molar-refractivity contribution in [1.82, 2.24) is 10.4 Å². The maximum absolute atomic E-state index is 12.9. The van der Waals surface area contributed by atoms with Gasteiger partial charge in [-0.1, -0.05) is 20.8 Å². The number of imide groups is 1. The van der Waals surface area contributed by atoms with Crippen LogP contribution in [-0.2, 0) is 27.2 Å². The van der Waals surface area contributed by atoms with Gasteiger partial charge in [-0.3, -0.25) is 19.8 Å². The maximum Gasteiger partial charge on any atom is 0.271 e. The first kappa shape index (κ1) is 18.3. The Bertz CT molecular complexity index is 842. The lowest BCUT2D eigenvalue weighted by atomic mass is 9.72. The Kier molecular flexibility index (Phi) is 4.01. The van der Waals surface area contributed by atoms with Crippen LogP contribution < -0.4 is 5.43 Å². The zero-order valence-corrected chi connectivity index (χ0v) is 17.3. The lowest BCUT2D eigenvalue weighted by molar-refractivity contribution is -0.145. The number of ether oxygens (including phenoxy) is 1. The number of amides is 3. The van der Waals surface area contributed by atoms with Crippen LogP contribution in [0.1, 0.15) is 60.8 Å². The Hall–Kier alpha value is -1.73. The van der Waals surface area contributed by atoms with Gasteiger partial charge in [0.05, 0.1) is 29.6 Å². The first-order valence-corrected chi connectivity index (χ1v) is 11.1. The van der Waals surface area contributed by atoms with Crippen LogP contribution in [-0.4, -0.2) is 34.9 Å². The Morgan fingerprint density at radius 1 is 1.14 bits per heavy atom. The zero-order valence-electron chi connectivity index (χ0n) is 16.5. The molecule has 3 saturated heterocycles. The summed E-state index contributed by atoms with van der Waals surface area (Å²) in [6, 6.07) is 0. The third-order valence-corrected chi connectivity index (χ3v) is 8.17. The minimum Gasteiger partial charge on any atom is -0.373 e. The van der Waals surface area contributed by atoms with Gasteiger partial charge in [-0.05, 0) is 49.0 Å². The number of nitrogens with zero attached hydrogens (tertiary/aromatic N) is 1. The molecule has 0 aromatic carbocycles. The normalized spacial score (nSPS) is 34.0. The van der Waals surface area contributed by atoms with Crippen molar-refractivity contribution in [3.05, 3.63) is 21.4 Å². The Balaban J connectivity index is 1.33. The number of carbonyl (C=O) groups is 3. The SMILES string of the molecule is CC(C)(C)[C@H]1CCc2c(C(=O)NN3C(=O)[C@@H]4[C@H](C3=O)[C@@H]3CC[C@@H]4O3)csc2C1. The number of nitrogens with one attached hydrogen (secondary N) is 1. The van der Waals surface area contributed by atoms with Crippen molar-refractivity contribution >= 4 is 29.1 Å². The molecule has 0 unspecified atom stereocenters. The Labute approximate surface area is 168 Å². The minimum atomic E-state index is -0.421. The fraction of sp³-hybridized carbons (Fsp3) is 0.667. The molecule has 0 spiro atoms. The van der Waals surface area contributed by atoms with E-state index < -0.39 is 11.8 Å². The average Bonchev–Trinajstić information content (AvgIpc) is 3.39. The van der Waals surface area contributed by atoms with Crippen LogP contribution >= 0.6 is 11.3 Å². The summed E-state index contributed by atoms with van der Waals surface area (Å²) in [6.07, 6.45) is 4.21. The van der Waals surface area contributed by atoms with Crippen molar-refractivity contribution in [2.75, 3.05) is 0 Å². The Morgan fingerprint density at radius 3 is 2.39 bits per heavy atom. The number of rotatable bonds is 2. The molecule has 7 heteroatoms. The molecular weight excluding hydrogens is 376 g/mol.